The topological polar surface area (TPSA) is 92.8 Å². The van der Waals surface area contributed by atoms with Crippen molar-refractivity contribution in [3.63, 3.8) is 0 Å². The highest BCUT2D eigenvalue weighted by atomic mass is 35.5. The number of fused-ring (bicyclic) bond motifs is 1. The van der Waals surface area contributed by atoms with E-state index in [9.17, 15) is 18.0 Å². The number of benzene rings is 2. The Morgan fingerprint density at radius 3 is 2.60 bits per heavy atom. The summed E-state index contributed by atoms with van der Waals surface area (Å²) >= 11 is 6.05. The Bertz CT molecular complexity index is 1100. The fourth-order valence-electron chi connectivity index (χ4n) is 3.44. The maximum Gasteiger partial charge on any atom is 0.225 e. The predicted molar refractivity (Wildman–Crippen MR) is 116 cm³/mol. The molecule has 2 amide bonds. The summed E-state index contributed by atoms with van der Waals surface area (Å²) in [6.45, 7) is 3.53. The highest BCUT2D eigenvalue weighted by Gasteiger charge is 2.29. The maximum atomic E-state index is 13.0. The van der Waals surface area contributed by atoms with Gasteiger partial charge < -0.3 is 15.0 Å². The molecular weight excluding hydrogens is 428 g/mol. The molecule has 9 heteroatoms. The first-order chi connectivity index (χ1) is 14.1. The second-order valence-corrected chi connectivity index (χ2v) is 9.94. The number of nitrogens with one attached hydrogen (secondary N) is 1. The fraction of sp³-hybridized carbons (Fsp3) is 0.333. The normalized spacial score (nSPS) is 14.2. The lowest BCUT2D eigenvalue weighted by Gasteiger charge is -2.16. The number of amides is 2. The summed E-state index contributed by atoms with van der Waals surface area (Å²) in [6, 6.07) is 9.54. The summed E-state index contributed by atoms with van der Waals surface area (Å²) in [5.41, 5.74) is 2.01. The van der Waals surface area contributed by atoms with Gasteiger partial charge >= 0.3 is 0 Å². The van der Waals surface area contributed by atoms with Crippen molar-refractivity contribution < 1.29 is 22.7 Å². The van der Waals surface area contributed by atoms with E-state index in [4.69, 9.17) is 16.3 Å². The molecule has 0 fully saturated rings. The van der Waals surface area contributed by atoms with Crippen LogP contribution in [0.15, 0.2) is 41.3 Å². The van der Waals surface area contributed by atoms with Crippen LogP contribution in [0.25, 0.3) is 0 Å². The van der Waals surface area contributed by atoms with E-state index in [1.165, 1.54) is 27.0 Å². The van der Waals surface area contributed by atoms with Crippen molar-refractivity contribution in [3.8, 4) is 5.75 Å². The van der Waals surface area contributed by atoms with Crippen LogP contribution >= 0.6 is 11.6 Å². The third-order valence-corrected chi connectivity index (χ3v) is 7.53. The van der Waals surface area contributed by atoms with Gasteiger partial charge in [-0.15, -0.1) is 0 Å². The van der Waals surface area contributed by atoms with Crippen molar-refractivity contribution in [3.05, 3.63) is 47.0 Å². The number of hydrogen-bond donors (Lipinski definition) is 1. The van der Waals surface area contributed by atoms with Crippen molar-refractivity contribution in [1.29, 1.82) is 0 Å². The van der Waals surface area contributed by atoms with Crippen molar-refractivity contribution in [2.75, 3.05) is 23.9 Å². The van der Waals surface area contributed by atoms with Gasteiger partial charge in [-0.25, -0.2) is 8.42 Å². The van der Waals surface area contributed by atoms with Gasteiger partial charge in [0, 0.05) is 31.3 Å². The van der Waals surface area contributed by atoms with Crippen LogP contribution in [0.5, 0.6) is 5.75 Å². The molecule has 3 rings (SSSR count). The first-order valence-corrected chi connectivity index (χ1v) is 11.3. The molecule has 30 heavy (non-hydrogen) atoms. The van der Waals surface area contributed by atoms with Gasteiger partial charge in [-0.2, -0.15) is 0 Å². The minimum Gasteiger partial charge on any atom is -0.495 e. The Morgan fingerprint density at radius 2 is 1.97 bits per heavy atom. The zero-order valence-corrected chi connectivity index (χ0v) is 18.5. The summed E-state index contributed by atoms with van der Waals surface area (Å²) in [6.07, 6.45) is 0.397. The Morgan fingerprint density at radius 1 is 1.23 bits per heavy atom. The van der Waals surface area contributed by atoms with Crippen LogP contribution in [-0.4, -0.2) is 39.1 Å². The molecule has 0 radical (unpaired) electrons. The molecule has 0 bridgehead atoms. The van der Waals surface area contributed by atoms with E-state index in [1.54, 1.807) is 35.2 Å². The minimum atomic E-state index is -3.71. The third kappa shape index (κ3) is 4.44. The van der Waals surface area contributed by atoms with Gasteiger partial charge in [-0.1, -0.05) is 11.6 Å². The smallest absolute Gasteiger partial charge is 0.225 e. The summed E-state index contributed by atoms with van der Waals surface area (Å²) in [5.74, 6) is -0.0326. The SMILES string of the molecule is COc1ccc(NC(=O)C[C@@H](C)S(=O)(=O)c2ccc3c(c2)CCN3C(C)=O)cc1Cl. The van der Waals surface area contributed by atoms with Gasteiger partial charge in [0.2, 0.25) is 11.8 Å². The average molecular weight is 451 g/mol. The number of anilines is 2. The standard InChI is InChI=1S/C21H23ClN2O5S/c1-13(10-21(26)23-16-4-7-20(29-3)18(22)12-16)30(27,28)17-5-6-19-15(11-17)8-9-24(19)14(2)25/h4-7,11-13H,8-10H2,1-3H3,(H,23,26)/t13-/m1/s1. The Kier molecular flexibility index (Phi) is 6.38. The predicted octanol–water partition coefficient (Wildman–Crippen LogP) is 3.45. The van der Waals surface area contributed by atoms with Gasteiger partial charge in [-0.3, -0.25) is 9.59 Å². The Labute approximate surface area is 180 Å². The van der Waals surface area contributed by atoms with E-state index in [1.807, 2.05) is 0 Å². The van der Waals surface area contributed by atoms with E-state index in [-0.39, 0.29) is 17.2 Å². The van der Waals surface area contributed by atoms with Gasteiger partial charge in [0.15, 0.2) is 9.84 Å². The van der Waals surface area contributed by atoms with Crippen LogP contribution in [0.4, 0.5) is 11.4 Å². The summed E-state index contributed by atoms with van der Waals surface area (Å²) in [5, 5.41) is 2.08. The zero-order chi connectivity index (χ0) is 22.1. The molecule has 1 N–H and O–H groups in total. The molecular formula is C21H23ClN2O5S. The highest BCUT2D eigenvalue weighted by molar-refractivity contribution is 7.92. The quantitative estimate of drug-likeness (QED) is 0.727. The fourth-order valence-corrected chi connectivity index (χ4v) is 5.10. The number of sulfone groups is 1. The highest BCUT2D eigenvalue weighted by Crippen LogP contribution is 2.32. The molecule has 0 spiro atoms. The molecule has 1 heterocycles. The molecule has 1 aliphatic rings. The van der Waals surface area contributed by atoms with Gasteiger partial charge in [0.05, 0.1) is 22.3 Å². The van der Waals surface area contributed by atoms with Crippen LogP contribution < -0.4 is 15.0 Å². The van der Waals surface area contributed by atoms with Crippen LogP contribution in [0.2, 0.25) is 5.02 Å². The zero-order valence-electron chi connectivity index (χ0n) is 16.9. The van der Waals surface area contributed by atoms with E-state index in [2.05, 4.69) is 5.32 Å². The molecule has 0 saturated carbocycles. The number of nitrogens with zero attached hydrogens (tertiary/aromatic N) is 1. The van der Waals surface area contributed by atoms with Gasteiger partial charge in [0.1, 0.15) is 5.75 Å². The molecule has 160 valence electrons. The van der Waals surface area contributed by atoms with Crippen LogP contribution in [0.3, 0.4) is 0 Å². The number of carbonyl (C=O) groups excluding carboxylic acids is 2. The summed E-state index contributed by atoms with van der Waals surface area (Å²) < 4.78 is 31.0. The second-order valence-electron chi connectivity index (χ2n) is 7.17. The van der Waals surface area contributed by atoms with Crippen molar-refractivity contribution in [2.24, 2.45) is 0 Å². The monoisotopic (exact) mass is 450 g/mol. The molecule has 7 nitrogen and oxygen atoms in total. The van der Waals surface area contributed by atoms with Crippen LogP contribution in [-0.2, 0) is 25.8 Å². The van der Waals surface area contributed by atoms with Crippen LogP contribution in [0, 0.1) is 0 Å². The number of rotatable bonds is 6. The number of hydrogen-bond acceptors (Lipinski definition) is 5. The first-order valence-electron chi connectivity index (χ1n) is 9.41. The van der Waals surface area contributed by atoms with E-state index < -0.39 is 21.0 Å². The summed E-state index contributed by atoms with van der Waals surface area (Å²) in [7, 11) is -2.23. The van der Waals surface area contributed by atoms with Gasteiger partial charge in [-0.05, 0) is 55.3 Å². The molecule has 1 atom stereocenters. The molecule has 0 unspecified atom stereocenters. The Hall–Kier alpha value is -2.58. The number of carbonyl (C=O) groups is 2. The largest absolute Gasteiger partial charge is 0.495 e. The lowest BCUT2D eigenvalue weighted by molar-refractivity contribution is -0.117. The molecule has 1 aliphatic heterocycles. The first kappa shape index (κ1) is 22.1. The van der Waals surface area contributed by atoms with Crippen molar-refractivity contribution in [2.45, 2.75) is 36.8 Å². The second kappa shape index (κ2) is 8.65. The van der Waals surface area contributed by atoms with E-state index in [0.717, 1.165) is 11.3 Å². The molecule has 0 saturated heterocycles. The molecule has 2 aromatic carbocycles. The Balaban J connectivity index is 1.71. The lowest BCUT2D eigenvalue weighted by Crippen LogP contribution is -2.26. The average Bonchev–Trinajstić information content (AvgIpc) is 3.11. The molecule has 2 aromatic rings. The molecule has 0 aliphatic carbocycles. The van der Waals surface area contributed by atoms with Crippen molar-refractivity contribution >= 4 is 44.6 Å². The van der Waals surface area contributed by atoms with Crippen LogP contribution in [0.1, 0.15) is 25.8 Å². The van der Waals surface area contributed by atoms with Gasteiger partial charge in [0.25, 0.3) is 0 Å². The minimum absolute atomic E-state index is 0.0759. The summed E-state index contributed by atoms with van der Waals surface area (Å²) in [4.78, 5) is 25.8. The lowest BCUT2D eigenvalue weighted by atomic mass is 10.2. The van der Waals surface area contributed by atoms with Crippen molar-refractivity contribution in [1.82, 2.24) is 0 Å². The number of methoxy groups -OCH3 is 1. The van der Waals surface area contributed by atoms with E-state index in [0.29, 0.717) is 29.4 Å². The number of ether oxygens (including phenoxy) is 1. The number of halogens is 1. The third-order valence-electron chi connectivity index (χ3n) is 5.09. The molecule has 0 aromatic heterocycles. The maximum absolute atomic E-state index is 13.0. The van der Waals surface area contributed by atoms with E-state index >= 15 is 0 Å².